The minimum atomic E-state index is 0.0261. The Morgan fingerprint density at radius 3 is 2.47 bits per heavy atom. The molecule has 1 heterocycles. The maximum absolute atomic E-state index is 11.8. The Bertz CT molecular complexity index is 353. The molecule has 110 valence electrons. The second-order valence-electron chi connectivity index (χ2n) is 6.42. The van der Waals surface area contributed by atoms with Crippen LogP contribution in [-0.4, -0.2) is 23.0 Å². The Labute approximate surface area is 118 Å². The van der Waals surface area contributed by atoms with E-state index in [1.54, 1.807) is 12.2 Å². The first-order chi connectivity index (χ1) is 8.80. The van der Waals surface area contributed by atoms with Crippen molar-refractivity contribution < 1.29 is 4.79 Å². The molecule has 1 amide bonds. The summed E-state index contributed by atoms with van der Waals surface area (Å²) in [5.74, 6) is 0.449. The highest BCUT2D eigenvalue weighted by Crippen LogP contribution is 2.37. The lowest BCUT2D eigenvalue weighted by molar-refractivity contribution is -0.118. The Morgan fingerprint density at radius 2 is 2.00 bits per heavy atom. The molecule has 2 N–H and O–H groups in total. The van der Waals surface area contributed by atoms with Crippen LogP contribution < -0.4 is 10.6 Å². The lowest BCUT2D eigenvalue weighted by Crippen LogP contribution is -2.68. The second-order valence-corrected chi connectivity index (χ2v) is 6.42. The number of rotatable bonds is 4. The molecule has 3 nitrogen and oxygen atoms in total. The van der Waals surface area contributed by atoms with E-state index in [4.69, 9.17) is 0 Å². The average Bonchev–Trinajstić information content (AvgIpc) is 2.36. The zero-order valence-corrected chi connectivity index (χ0v) is 13.3. The van der Waals surface area contributed by atoms with Crippen LogP contribution in [0.4, 0.5) is 0 Å². The first kappa shape index (κ1) is 16.2. The fraction of sp³-hybridized carbons (Fsp3) is 0.812. The maximum atomic E-state index is 11.8. The topological polar surface area (TPSA) is 41.1 Å². The van der Waals surface area contributed by atoms with E-state index in [0.29, 0.717) is 5.92 Å². The molecule has 1 aliphatic heterocycles. The van der Waals surface area contributed by atoms with Gasteiger partial charge in [0.25, 0.3) is 0 Å². The zero-order chi connectivity index (χ0) is 14.7. The summed E-state index contributed by atoms with van der Waals surface area (Å²) in [6, 6.07) is 0.236. The van der Waals surface area contributed by atoms with Gasteiger partial charge in [-0.3, -0.25) is 4.79 Å². The van der Waals surface area contributed by atoms with Crippen LogP contribution in [0.15, 0.2) is 12.2 Å². The molecular weight excluding hydrogens is 236 g/mol. The molecule has 0 aliphatic carbocycles. The molecule has 1 aliphatic rings. The van der Waals surface area contributed by atoms with Crippen LogP contribution in [0.25, 0.3) is 0 Å². The number of piperidine rings is 1. The van der Waals surface area contributed by atoms with Gasteiger partial charge in [0.15, 0.2) is 0 Å². The van der Waals surface area contributed by atoms with Crippen molar-refractivity contribution in [3.8, 4) is 0 Å². The number of nitrogens with one attached hydrogen (secondary N) is 2. The fourth-order valence-corrected chi connectivity index (χ4v) is 3.16. The summed E-state index contributed by atoms with van der Waals surface area (Å²) in [5, 5.41) is 7.00. The third kappa shape index (κ3) is 3.59. The molecule has 0 radical (unpaired) electrons. The van der Waals surface area contributed by atoms with Crippen molar-refractivity contribution in [2.24, 2.45) is 5.92 Å². The number of allylic oxidation sites excluding steroid dienone is 1. The van der Waals surface area contributed by atoms with Gasteiger partial charge in [-0.25, -0.2) is 0 Å². The van der Waals surface area contributed by atoms with E-state index >= 15 is 0 Å². The molecule has 0 saturated carbocycles. The third-order valence-electron chi connectivity index (χ3n) is 5.03. The highest BCUT2D eigenvalue weighted by Gasteiger charge is 2.46. The lowest BCUT2D eigenvalue weighted by Gasteiger charge is -2.53. The van der Waals surface area contributed by atoms with E-state index in [0.717, 1.165) is 19.3 Å². The van der Waals surface area contributed by atoms with Crippen LogP contribution in [0.1, 0.15) is 60.8 Å². The average molecular weight is 266 g/mol. The highest BCUT2D eigenvalue weighted by atomic mass is 16.1. The molecular formula is C16H30N2O. The van der Waals surface area contributed by atoms with Crippen LogP contribution >= 0.6 is 0 Å². The number of carbonyl (C=O) groups excluding carboxylic acids is 1. The molecule has 1 saturated heterocycles. The molecule has 4 atom stereocenters. The Hall–Kier alpha value is -0.830. The van der Waals surface area contributed by atoms with E-state index in [1.807, 2.05) is 6.92 Å². The van der Waals surface area contributed by atoms with E-state index in [2.05, 4.69) is 45.3 Å². The zero-order valence-electron chi connectivity index (χ0n) is 13.3. The fourth-order valence-electron chi connectivity index (χ4n) is 3.16. The molecule has 1 rings (SSSR count). The van der Waals surface area contributed by atoms with Gasteiger partial charge in [-0.15, -0.1) is 0 Å². The van der Waals surface area contributed by atoms with Gasteiger partial charge < -0.3 is 10.6 Å². The minimum Gasteiger partial charge on any atom is -0.349 e. The van der Waals surface area contributed by atoms with Crippen LogP contribution in [-0.2, 0) is 4.79 Å². The van der Waals surface area contributed by atoms with Gasteiger partial charge in [-0.05, 0) is 52.0 Å². The third-order valence-corrected chi connectivity index (χ3v) is 5.03. The van der Waals surface area contributed by atoms with Gasteiger partial charge in [0.1, 0.15) is 0 Å². The van der Waals surface area contributed by atoms with Gasteiger partial charge >= 0.3 is 0 Å². The number of amides is 1. The highest BCUT2D eigenvalue weighted by molar-refractivity contribution is 5.87. The monoisotopic (exact) mass is 266 g/mol. The first-order valence-electron chi connectivity index (χ1n) is 7.52. The minimum absolute atomic E-state index is 0.0261. The normalized spacial score (nSPS) is 39.5. The standard InChI is InChI=1S/C16H30N2O/c1-7-10-14(19)17-13-11-15(5,8-2)18-16(6,9-3)12(13)4/h7,10,12-13,18H,8-9,11H2,1-6H3,(H,17,19)/b10-7+. The Balaban J connectivity index is 2.92. The number of hydrogen-bond donors (Lipinski definition) is 2. The molecule has 0 aromatic heterocycles. The molecule has 0 spiro atoms. The van der Waals surface area contributed by atoms with Crippen LogP contribution in [0.5, 0.6) is 0 Å². The van der Waals surface area contributed by atoms with Crippen molar-refractivity contribution >= 4 is 5.91 Å². The predicted molar refractivity (Wildman–Crippen MR) is 81.1 cm³/mol. The number of carbonyl (C=O) groups is 1. The van der Waals surface area contributed by atoms with E-state index in [-0.39, 0.29) is 23.0 Å². The lowest BCUT2D eigenvalue weighted by atomic mass is 9.69. The van der Waals surface area contributed by atoms with E-state index < -0.39 is 0 Å². The van der Waals surface area contributed by atoms with Gasteiger partial charge in [-0.2, -0.15) is 0 Å². The van der Waals surface area contributed by atoms with Crippen molar-refractivity contribution in [3.05, 3.63) is 12.2 Å². The molecule has 1 fully saturated rings. The van der Waals surface area contributed by atoms with E-state index in [1.165, 1.54) is 0 Å². The van der Waals surface area contributed by atoms with Crippen LogP contribution in [0, 0.1) is 5.92 Å². The summed E-state index contributed by atoms with van der Waals surface area (Å²) in [6.45, 7) is 13.1. The van der Waals surface area contributed by atoms with Crippen molar-refractivity contribution in [3.63, 3.8) is 0 Å². The Morgan fingerprint density at radius 1 is 1.37 bits per heavy atom. The Kier molecular flexibility index (Phi) is 5.19. The van der Waals surface area contributed by atoms with Crippen molar-refractivity contribution in [2.45, 2.75) is 77.9 Å². The molecule has 0 aromatic rings. The smallest absolute Gasteiger partial charge is 0.243 e. The summed E-state index contributed by atoms with van der Waals surface area (Å²) in [7, 11) is 0. The molecule has 3 heteroatoms. The summed E-state index contributed by atoms with van der Waals surface area (Å²) in [4.78, 5) is 11.8. The SMILES string of the molecule is C/C=C/C(=O)NC1CC(C)(CC)NC(C)(CC)C1C. The largest absolute Gasteiger partial charge is 0.349 e. The second kappa shape index (κ2) is 6.08. The van der Waals surface area contributed by atoms with Gasteiger partial charge in [0.2, 0.25) is 5.91 Å². The first-order valence-corrected chi connectivity index (χ1v) is 7.52. The molecule has 4 unspecified atom stereocenters. The summed E-state index contributed by atoms with van der Waals surface area (Å²) < 4.78 is 0. The van der Waals surface area contributed by atoms with Crippen molar-refractivity contribution in [2.75, 3.05) is 0 Å². The van der Waals surface area contributed by atoms with Crippen LogP contribution in [0.2, 0.25) is 0 Å². The van der Waals surface area contributed by atoms with E-state index in [9.17, 15) is 4.79 Å². The van der Waals surface area contributed by atoms with Gasteiger partial charge in [0, 0.05) is 17.1 Å². The summed E-state index contributed by atoms with van der Waals surface area (Å²) in [5.41, 5.74) is 0.183. The van der Waals surface area contributed by atoms with Gasteiger partial charge in [-0.1, -0.05) is 26.8 Å². The molecule has 19 heavy (non-hydrogen) atoms. The quantitative estimate of drug-likeness (QED) is 0.768. The summed E-state index contributed by atoms with van der Waals surface area (Å²) >= 11 is 0. The summed E-state index contributed by atoms with van der Waals surface area (Å²) in [6.07, 6.45) is 6.54. The number of hydrogen-bond acceptors (Lipinski definition) is 2. The van der Waals surface area contributed by atoms with Gasteiger partial charge in [0.05, 0.1) is 0 Å². The molecule has 0 aromatic carbocycles. The molecule has 0 bridgehead atoms. The van der Waals surface area contributed by atoms with Crippen molar-refractivity contribution in [1.29, 1.82) is 0 Å². The van der Waals surface area contributed by atoms with Crippen molar-refractivity contribution in [1.82, 2.24) is 10.6 Å². The maximum Gasteiger partial charge on any atom is 0.243 e. The van der Waals surface area contributed by atoms with Crippen LogP contribution in [0.3, 0.4) is 0 Å². The predicted octanol–water partition coefficient (Wildman–Crippen LogP) is 3.01.